The molecule has 0 spiro atoms. The predicted octanol–water partition coefficient (Wildman–Crippen LogP) is 3.60. The lowest BCUT2D eigenvalue weighted by Crippen LogP contribution is -2.49. The first-order chi connectivity index (χ1) is 14.2. The zero-order valence-corrected chi connectivity index (χ0v) is 20.3. The molecule has 1 saturated heterocycles. The first kappa shape index (κ1) is 24.6. The molecular formula is C22H34FIN6. The van der Waals surface area contributed by atoms with Gasteiger partial charge in [-0.1, -0.05) is 13.3 Å². The van der Waals surface area contributed by atoms with Gasteiger partial charge in [-0.2, -0.15) is 5.10 Å². The summed E-state index contributed by atoms with van der Waals surface area (Å²) in [4.78, 5) is 6.93. The lowest BCUT2D eigenvalue weighted by molar-refractivity contribution is 0.203. The van der Waals surface area contributed by atoms with Gasteiger partial charge >= 0.3 is 0 Å². The van der Waals surface area contributed by atoms with Crippen molar-refractivity contribution < 1.29 is 4.39 Å². The summed E-state index contributed by atoms with van der Waals surface area (Å²) in [6, 6.07) is 8.82. The Hall–Kier alpha value is -1.68. The summed E-state index contributed by atoms with van der Waals surface area (Å²) in [7, 11) is 1.81. The monoisotopic (exact) mass is 528 g/mol. The minimum absolute atomic E-state index is 0. The fourth-order valence-electron chi connectivity index (χ4n) is 3.61. The summed E-state index contributed by atoms with van der Waals surface area (Å²) in [6.45, 7) is 6.55. The summed E-state index contributed by atoms with van der Waals surface area (Å²) in [5.74, 6) is 0.617. The van der Waals surface area contributed by atoms with Crippen molar-refractivity contribution in [3.63, 3.8) is 0 Å². The Morgan fingerprint density at radius 3 is 2.60 bits per heavy atom. The molecule has 1 aliphatic heterocycles. The number of aliphatic imine (C=N–C) groups is 1. The molecule has 0 unspecified atom stereocenters. The summed E-state index contributed by atoms with van der Waals surface area (Å²) < 4.78 is 14.8. The predicted molar refractivity (Wildman–Crippen MR) is 132 cm³/mol. The van der Waals surface area contributed by atoms with Crippen LogP contribution in [0.3, 0.4) is 0 Å². The molecule has 2 heterocycles. The average molecular weight is 528 g/mol. The second-order valence-electron chi connectivity index (χ2n) is 7.59. The molecule has 0 bridgehead atoms. The molecule has 30 heavy (non-hydrogen) atoms. The van der Waals surface area contributed by atoms with Gasteiger partial charge in [0.1, 0.15) is 5.82 Å². The number of unbranched alkanes of at least 4 members (excludes halogenated alkanes) is 1. The van der Waals surface area contributed by atoms with Gasteiger partial charge in [0.2, 0.25) is 0 Å². The number of hydrogen-bond donors (Lipinski definition) is 2. The third kappa shape index (κ3) is 7.54. The van der Waals surface area contributed by atoms with E-state index in [9.17, 15) is 4.39 Å². The summed E-state index contributed by atoms with van der Waals surface area (Å²) >= 11 is 0. The Morgan fingerprint density at radius 1 is 1.20 bits per heavy atom. The maximum Gasteiger partial charge on any atom is 0.191 e. The molecule has 1 fully saturated rings. The number of hydrogen-bond acceptors (Lipinski definition) is 3. The van der Waals surface area contributed by atoms with E-state index in [1.54, 1.807) is 16.8 Å². The Kier molecular flexibility index (Phi) is 10.6. The van der Waals surface area contributed by atoms with Gasteiger partial charge < -0.3 is 15.5 Å². The van der Waals surface area contributed by atoms with Crippen molar-refractivity contribution in [1.29, 1.82) is 0 Å². The first-order valence-corrected chi connectivity index (χ1v) is 10.7. The Labute approximate surface area is 196 Å². The number of rotatable bonds is 8. The maximum atomic E-state index is 13.1. The van der Waals surface area contributed by atoms with Gasteiger partial charge in [0, 0.05) is 45.3 Å². The molecule has 0 atom stereocenters. The molecule has 0 aliphatic carbocycles. The fraction of sp³-hybridized carbons (Fsp3) is 0.545. The lowest BCUT2D eigenvalue weighted by atomic mass is 10.0. The third-order valence-corrected chi connectivity index (χ3v) is 5.39. The molecular weight excluding hydrogens is 494 g/mol. The van der Waals surface area contributed by atoms with Gasteiger partial charge in [-0.15, -0.1) is 24.0 Å². The smallest absolute Gasteiger partial charge is 0.191 e. The van der Waals surface area contributed by atoms with Crippen LogP contribution in [0, 0.1) is 5.82 Å². The van der Waals surface area contributed by atoms with Gasteiger partial charge in [0.05, 0.1) is 11.4 Å². The van der Waals surface area contributed by atoms with Crippen molar-refractivity contribution >= 4 is 29.9 Å². The quantitative estimate of drug-likeness (QED) is 0.313. The van der Waals surface area contributed by atoms with E-state index in [0.717, 1.165) is 56.2 Å². The third-order valence-electron chi connectivity index (χ3n) is 5.39. The van der Waals surface area contributed by atoms with E-state index in [4.69, 9.17) is 0 Å². The van der Waals surface area contributed by atoms with Crippen molar-refractivity contribution in [1.82, 2.24) is 25.3 Å². The summed E-state index contributed by atoms with van der Waals surface area (Å²) in [6.07, 6.45) is 7.57. The lowest BCUT2D eigenvalue weighted by Gasteiger charge is -2.33. The minimum atomic E-state index is -0.240. The van der Waals surface area contributed by atoms with Crippen LogP contribution in [0.5, 0.6) is 0 Å². The van der Waals surface area contributed by atoms with Gasteiger partial charge in [-0.25, -0.2) is 9.07 Å². The molecule has 2 N–H and O–H groups in total. The van der Waals surface area contributed by atoms with Crippen LogP contribution in [-0.2, 0) is 6.42 Å². The van der Waals surface area contributed by atoms with Crippen molar-refractivity contribution in [2.45, 2.75) is 45.1 Å². The standard InChI is InChI=1S/C22H33FN6.HI/c1-3-4-14-28-15-10-19(11-16-28)26-22(24-2)25-13-9-20-12-17-29(27-20)21-7-5-18(23)6-8-21;/h5-8,12,17,19H,3-4,9-11,13-16H2,1-2H3,(H2,24,25,26);1H. The van der Waals surface area contributed by atoms with Gasteiger partial charge in [0.15, 0.2) is 5.96 Å². The number of halogens is 2. The zero-order chi connectivity index (χ0) is 20.5. The number of likely N-dealkylation sites (tertiary alicyclic amines) is 1. The molecule has 0 saturated carbocycles. The molecule has 2 aromatic rings. The number of benzene rings is 1. The fourth-order valence-corrected chi connectivity index (χ4v) is 3.61. The SMILES string of the molecule is CCCCN1CCC(NC(=NC)NCCc2ccn(-c3ccc(F)cc3)n2)CC1.I. The molecule has 1 aromatic heterocycles. The van der Waals surface area contributed by atoms with Crippen molar-refractivity contribution in [3.8, 4) is 5.69 Å². The van der Waals surface area contributed by atoms with Crippen molar-refractivity contribution in [2.24, 2.45) is 4.99 Å². The van der Waals surface area contributed by atoms with Crippen LogP contribution in [0.1, 0.15) is 38.3 Å². The molecule has 8 heteroatoms. The normalized spacial score (nSPS) is 15.6. The van der Waals surface area contributed by atoms with Gasteiger partial charge in [0.25, 0.3) is 0 Å². The average Bonchev–Trinajstić information content (AvgIpc) is 3.22. The van der Waals surface area contributed by atoms with E-state index in [0.29, 0.717) is 6.04 Å². The number of nitrogens with zero attached hydrogens (tertiary/aromatic N) is 4. The molecule has 6 nitrogen and oxygen atoms in total. The first-order valence-electron chi connectivity index (χ1n) is 10.7. The Bertz CT molecular complexity index is 768. The van der Waals surface area contributed by atoms with E-state index in [1.807, 2.05) is 19.3 Å². The van der Waals surface area contributed by atoms with Crippen LogP contribution < -0.4 is 10.6 Å². The highest BCUT2D eigenvalue weighted by Crippen LogP contribution is 2.11. The van der Waals surface area contributed by atoms with Crippen LogP contribution in [0.25, 0.3) is 5.69 Å². The van der Waals surface area contributed by atoms with E-state index in [2.05, 4.69) is 32.5 Å². The van der Waals surface area contributed by atoms with Gasteiger partial charge in [-0.3, -0.25) is 4.99 Å². The Balaban J connectivity index is 0.00000320. The number of nitrogens with one attached hydrogen (secondary N) is 2. The Morgan fingerprint density at radius 2 is 1.93 bits per heavy atom. The van der Waals surface area contributed by atoms with E-state index < -0.39 is 0 Å². The highest BCUT2D eigenvalue weighted by Gasteiger charge is 2.19. The number of piperidine rings is 1. The van der Waals surface area contributed by atoms with Crippen LogP contribution in [0.4, 0.5) is 4.39 Å². The van der Waals surface area contributed by atoms with E-state index >= 15 is 0 Å². The zero-order valence-electron chi connectivity index (χ0n) is 18.0. The second-order valence-corrected chi connectivity index (χ2v) is 7.59. The molecule has 166 valence electrons. The summed E-state index contributed by atoms with van der Waals surface area (Å²) in [5.41, 5.74) is 1.84. The highest BCUT2D eigenvalue weighted by atomic mass is 127. The van der Waals surface area contributed by atoms with E-state index in [1.165, 1.54) is 31.5 Å². The molecule has 1 aromatic carbocycles. The molecule has 0 radical (unpaired) electrons. The van der Waals surface area contributed by atoms with Crippen LogP contribution in [-0.4, -0.2) is 59.9 Å². The van der Waals surface area contributed by atoms with Crippen molar-refractivity contribution in [3.05, 3.63) is 48.0 Å². The largest absolute Gasteiger partial charge is 0.356 e. The summed E-state index contributed by atoms with van der Waals surface area (Å²) in [5, 5.41) is 11.5. The van der Waals surface area contributed by atoms with Crippen LogP contribution in [0.2, 0.25) is 0 Å². The molecule has 0 amide bonds. The molecule has 3 rings (SSSR count). The topological polar surface area (TPSA) is 57.5 Å². The number of guanidine groups is 1. The van der Waals surface area contributed by atoms with Crippen LogP contribution in [0.15, 0.2) is 41.5 Å². The van der Waals surface area contributed by atoms with Crippen molar-refractivity contribution in [2.75, 3.05) is 33.2 Å². The van der Waals surface area contributed by atoms with Gasteiger partial charge in [-0.05, 0) is 56.1 Å². The van der Waals surface area contributed by atoms with Crippen LogP contribution >= 0.6 is 24.0 Å². The van der Waals surface area contributed by atoms with E-state index in [-0.39, 0.29) is 29.8 Å². The maximum absolute atomic E-state index is 13.1. The minimum Gasteiger partial charge on any atom is -0.356 e. The highest BCUT2D eigenvalue weighted by molar-refractivity contribution is 14.0. The second kappa shape index (κ2) is 12.9. The number of aromatic nitrogens is 2. The molecule has 1 aliphatic rings.